The first-order valence-electron chi connectivity index (χ1n) is 8.21. The third-order valence-corrected chi connectivity index (χ3v) is 5.08. The van der Waals surface area contributed by atoms with Crippen LogP contribution in [0.25, 0.3) is 0 Å². The van der Waals surface area contributed by atoms with Crippen LogP contribution in [0, 0.1) is 17.6 Å². The van der Waals surface area contributed by atoms with E-state index in [1.807, 2.05) is 24.3 Å². The Balaban J connectivity index is 1.58. The third-order valence-electron chi connectivity index (χ3n) is 4.31. The summed E-state index contributed by atoms with van der Waals surface area (Å²) in [6, 6.07) is 10.7. The molecule has 1 aliphatic heterocycles. The molecule has 1 aliphatic rings. The standard InChI is InChI=1S/C19H17BrF2N2O2/c20-17-4-2-1-3-12(17)5-6-23-19(26)13-7-18(25)24(11-13)16-9-14(21)8-15(22)10-16/h1-4,8-10,13H,5-7,11H2,(H,23,26). The van der Waals surface area contributed by atoms with Crippen LogP contribution >= 0.6 is 15.9 Å². The summed E-state index contributed by atoms with van der Waals surface area (Å²) < 4.78 is 27.7. The van der Waals surface area contributed by atoms with Gasteiger partial charge in [0.15, 0.2) is 0 Å². The monoisotopic (exact) mass is 422 g/mol. The Morgan fingerprint density at radius 2 is 1.88 bits per heavy atom. The quantitative estimate of drug-likeness (QED) is 0.801. The fourth-order valence-corrected chi connectivity index (χ4v) is 3.48. The molecule has 1 saturated heterocycles. The van der Waals surface area contributed by atoms with E-state index < -0.39 is 17.6 Å². The summed E-state index contributed by atoms with van der Waals surface area (Å²) in [4.78, 5) is 25.7. The highest BCUT2D eigenvalue weighted by Gasteiger charge is 2.35. The second-order valence-corrected chi connectivity index (χ2v) is 7.02. The molecular formula is C19H17BrF2N2O2. The van der Waals surface area contributed by atoms with E-state index >= 15 is 0 Å². The van der Waals surface area contributed by atoms with Gasteiger partial charge in [0.25, 0.3) is 0 Å². The molecule has 1 fully saturated rings. The maximum Gasteiger partial charge on any atom is 0.227 e. The van der Waals surface area contributed by atoms with Gasteiger partial charge in [-0.15, -0.1) is 0 Å². The fourth-order valence-electron chi connectivity index (χ4n) is 2.99. The molecular weight excluding hydrogens is 406 g/mol. The molecule has 26 heavy (non-hydrogen) atoms. The number of amides is 2. The Kier molecular flexibility index (Phi) is 5.66. The zero-order valence-electron chi connectivity index (χ0n) is 13.8. The van der Waals surface area contributed by atoms with E-state index in [0.717, 1.165) is 28.2 Å². The van der Waals surface area contributed by atoms with E-state index in [1.54, 1.807) is 0 Å². The Labute approximate surface area is 158 Å². The van der Waals surface area contributed by atoms with Crippen LogP contribution in [0.1, 0.15) is 12.0 Å². The smallest absolute Gasteiger partial charge is 0.227 e. The number of anilines is 1. The van der Waals surface area contributed by atoms with Crippen LogP contribution in [0.5, 0.6) is 0 Å². The van der Waals surface area contributed by atoms with E-state index in [0.29, 0.717) is 13.0 Å². The average molecular weight is 423 g/mol. The summed E-state index contributed by atoms with van der Waals surface area (Å²) in [5.41, 5.74) is 1.21. The van der Waals surface area contributed by atoms with Crippen LogP contribution in [0.2, 0.25) is 0 Å². The summed E-state index contributed by atoms with van der Waals surface area (Å²) in [6.07, 6.45) is 0.686. The summed E-state index contributed by atoms with van der Waals surface area (Å²) in [6.45, 7) is 0.559. The van der Waals surface area contributed by atoms with Crippen molar-refractivity contribution in [3.63, 3.8) is 0 Å². The lowest BCUT2D eigenvalue weighted by Crippen LogP contribution is -2.34. The predicted octanol–water partition coefficient (Wildman–Crippen LogP) is 3.44. The van der Waals surface area contributed by atoms with E-state index in [-0.39, 0.29) is 30.5 Å². The van der Waals surface area contributed by atoms with Crippen LogP contribution < -0.4 is 10.2 Å². The first-order chi connectivity index (χ1) is 12.4. The topological polar surface area (TPSA) is 49.4 Å². The van der Waals surface area contributed by atoms with Crippen LogP contribution in [-0.4, -0.2) is 24.9 Å². The summed E-state index contributed by atoms with van der Waals surface area (Å²) >= 11 is 3.46. The van der Waals surface area contributed by atoms with Gasteiger partial charge in [-0.1, -0.05) is 34.1 Å². The molecule has 1 heterocycles. The van der Waals surface area contributed by atoms with E-state index in [9.17, 15) is 18.4 Å². The molecule has 7 heteroatoms. The van der Waals surface area contributed by atoms with Crippen molar-refractivity contribution in [2.24, 2.45) is 5.92 Å². The van der Waals surface area contributed by atoms with Crippen molar-refractivity contribution in [1.82, 2.24) is 5.32 Å². The van der Waals surface area contributed by atoms with Crippen molar-refractivity contribution in [3.8, 4) is 0 Å². The third kappa shape index (κ3) is 4.27. The summed E-state index contributed by atoms with van der Waals surface area (Å²) in [7, 11) is 0. The van der Waals surface area contributed by atoms with Crippen LogP contribution in [0.4, 0.5) is 14.5 Å². The fraction of sp³-hybridized carbons (Fsp3) is 0.263. The molecule has 0 aliphatic carbocycles. The van der Waals surface area contributed by atoms with Gasteiger partial charge < -0.3 is 10.2 Å². The molecule has 2 aromatic carbocycles. The van der Waals surface area contributed by atoms with Crippen molar-refractivity contribution in [2.45, 2.75) is 12.8 Å². The average Bonchev–Trinajstić information content (AvgIpc) is 2.97. The maximum atomic E-state index is 13.4. The molecule has 2 amide bonds. The number of carbonyl (C=O) groups excluding carboxylic acids is 2. The molecule has 2 aromatic rings. The molecule has 1 unspecified atom stereocenters. The van der Waals surface area contributed by atoms with Gasteiger partial charge in [-0.2, -0.15) is 0 Å². The summed E-state index contributed by atoms with van der Waals surface area (Å²) in [5, 5.41) is 2.83. The Bertz CT molecular complexity index is 824. The molecule has 0 radical (unpaired) electrons. The number of carbonyl (C=O) groups is 2. The van der Waals surface area contributed by atoms with Gasteiger partial charge >= 0.3 is 0 Å². The molecule has 0 saturated carbocycles. The Morgan fingerprint density at radius 1 is 1.19 bits per heavy atom. The highest BCUT2D eigenvalue weighted by molar-refractivity contribution is 9.10. The van der Waals surface area contributed by atoms with Gasteiger partial charge in [0.1, 0.15) is 11.6 Å². The first-order valence-corrected chi connectivity index (χ1v) is 9.01. The number of hydrogen-bond donors (Lipinski definition) is 1. The first kappa shape index (κ1) is 18.5. The van der Waals surface area contributed by atoms with Gasteiger partial charge in [-0.3, -0.25) is 9.59 Å². The molecule has 3 rings (SSSR count). The number of benzene rings is 2. The Morgan fingerprint density at radius 3 is 2.58 bits per heavy atom. The van der Waals surface area contributed by atoms with Crippen molar-refractivity contribution in [2.75, 3.05) is 18.0 Å². The van der Waals surface area contributed by atoms with Crippen LogP contribution in [0.15, 0.2) is 46.9 Å². The maximum absolute atomic E-state index is 13.4. The number of nitrogens with zero attached hydrogens (tertiary/aromatic N) is 1. The van der Waals surface area contributed by atoms with Crippen LogP contribution in [-0.2, 0) is 16.0 Å². The second-order valence-electron chi connectivity index (χ2n) is 6.17. The molecule has 0 aromatic heterocycles. The van der Waals surface area contributed by atoms with Crippen molar-refractivity contribution < 1.29 is 18.4 Å². The Hall–Kier alpha value is -2.28. The number of hydrogen-bond acceptors (Lipinski definition) is 2. The lowest BCUT2D eigenvalue weighted by atomic mass is 10.1. The van der Waals surface area contributed by atoms with Gasteiger partial charge in [0.2, 0.25) is 11.8 Å². The van der Waals surface area contributed by atoms with E-state index in [4.69, 9.17) is 0 Å². The predicted molar refractivity (Wildman–Crippen MR) is 97.7 cm³/mol. The minimum atomic E-state index is -0.755. The lowest BCUT2D eigenvalue weighted by molar-refractivity contribution is -0.126. The van der Waals surface area contributed by atoms with E-state index in [2.05, 4.69) is 21.2 Å². The number of rotatable bonds is 5. The lowest BCUT2D eigenvalue weighted by Gasteiger charge is -2.17. The highest BCUT2D eigenvalue weighted by Crippen LogP contribution is 2.26. The molecule has 136 valence electrons. The molecule has 4 nitrogen and oxygen atoms in total. The van der Waals surface area contributed by atoms with Gasteiger partial charge in [0.05, 0.1) is 5.92 Å². The molecule has 1 atom stereocenters. The number of halogens is 3. The van der Waals surface area contributed by atoms with Crippen molar-refractivity contribution in [1.29, 1.82) is 0 Å². The van der Waals surface area contributed by atoms with Crippen molar-refractivity contribution in [3.05, 3.63) is 64.1 Å². The van der Waals surface area contributed by atoms with E-state index in [1.165, 1.54) is 4.90 Å². The van der Waals surface area contributed by atoms with Gasteiger partial charge in [0, 0.05) is 35.7 Å². The van der Waals surface area contributed by atoms with Gasteiger partial charge in [-0.25, -0.2) is 8.78 Å². The SMILES string of the molecule is O=C(NCCc1ccccc1Br)C1CC(=O)N(c2cc(F)cc(F)c2)C1. The molecule has 1 N–H and O–H groups in total. The summed E-state index contributed by atoms with van der Waals surface area (Å²) in [5.74, 6) is -2.60. The zero-order valence-corrected chi connectivity index (χ0v) is 15.4. The van der Waals surface area contributed by atoms with Gasteiger partial charge in [-0.05, 0) is 30.2 Å². The molecule has 0 bridgehead atoms. The minimum absolute atomic E-state index is 0.0268. The largest absolute Gasteiger partial charge is 0.355 e. The minimum Gasteiger partial charge on any atom is -0.355 e. The van der Waals surface area contributed by atoms with Crippen molar-refractivity contribution >= 4 is 33.4 Å². The highest BCUT2D eigenvalue weighted by atomic mass is 79.9. The number of nitrogens with one attached hydrogen (secondary N) is 1. The second kappa shape index (κ2) is 7.95. The zero-order chi connectivity index (χ0) is 18.7. The van der Waals surface area contributed by atoms with Crippen LogP contribution in [0.3, 0.4) is 0 Å². The normalized spacial score (nSPS) is 16.8. The molecule has 0 spiro atoms.